The first-order valence-corrected chi connectivity index (χ1v) is 7.68. The van der Waals surface area contributed by atoms with Crippen LogP contribution in [0.5, 0.6) is 5.75 Å². The highest BCUT2D eigenvalue weighted by atomic mass is 16.5. The largest absolute Gasteiger partial charge is 0.497 e. The highest BCUT2D eigenvalue weighted by molar-refractivity contribution is 6.08. The molecule has 0 saturated carbocycles. The van der Waals surface area contributed by atoms with Crippen molar-refractivity contribution in [3.63, 3.8) is 0 Å². The van der Waals surface area contributed by atoms with E-state index in [1.54, 1.807) is 7.11 Å². The molecule has 5 nitrogen and oxygen atoms in total. The van der Waals surface area contributed by atoms with E-state index in [9.17, 15) is 0 Å². The number of pyridine rings is 1. The van der Waals surface area contributed by atoms with Gasteiger partial charge in [0, 0.05) is 35.8 Å². The molecule has 0 aliphatic heterocycles. The summed E-state index contributed by atoms with van der Waals surface area (Å²) in [6.07, 6.45) is 4.78. The zero-order valence-electron chi connectivity index (χ0n) is 13.4. The highest BCUT2D eigenvalue weighted by Crippen LogP contribution is 2.33. The summed E-state index contributed by atoms with van der Waals surface area (Å²) >= 11 is 0. The van der Waals surface area contributed by atoms with Crippen molar-refractivity contribution in [2.45, 2.75) is 13.3 Å². The first-order chi connectivity index (χ1) is 11.2. The van der Waals surface area contributed by atoms with Gasteiger partial charge in [0.05, 0.1) is 18.3 Å². The van der Waals surface area contributed by atoms with Gasteiger partial charge in [-0.1, -0.05) is 6.92 Å². The van der Waals surface area contributed by atoms with Crippen molar-refractivity contribution in [3.05, 3.63) is 42.2 Å². The fourth-order valence-electron chi connectivity index (χ4n) is 3.15. The zero-order chi connectivity index (χ0) is 16.0. The van der Waals surface area contributed by atoms with Crippen LogP contribution in [0.3, 0.4) is 0 Å². The van der Waals surface area contributed by atoms with E-state index >= 15 is 0 Å². The van der Waals surface area contributed by atoms with Gasteiger partial charge in [0.2, 0.25) is 0 Å². The molecule has 0 radical (unpaired) electrons. The molecule has 0 fully saturated rings. The number of fused-ring (bicyclic) bond motifs is 3. The smallest absolute Gasteiger partial charge is 0.161 e. The van der Waals surface area contributed by atoms with E-state index in [2.05, 4.69) is 38.8 Å². The Kier molecular flexibility index (Phi) is 3.08. The maximum Gasteiger partial charge on any atom is 0.161 e. The SMILES string of the molecule is CCc1cnc2ncc3c(-c4ccc(OC)cc4)[nH]n(C)c3c12. The van der Waals surface area contributed by atoms with Gasteiger partial charge in [-0.2, -0.15) is 0 Å². The van der Waals surface area contributed by atoms with Gasteiger partial charge in [0.1, 0.15) is 5.75 Å². The summed E-state index contributed by atoms with van der Waals surface area (Å²) in [6.45, 7) is 2.15. The molecule has 4 aromatic rings. The number of hydrogen-bond donors (Lipinski definition) is 1. The van der Waals surface area contributed by atoms with Gasteiger partial charge in [0.15, 0.2) is 5.65 Å². The van der Waals surface area contributed by atoms with Crippen molar-refractivity contribution in [1.82, 2.24) is 19.7 Å². The van der Waals surface area contributed by atoms with Gasteiger partial charge in [0.25, 0.3) is 0 Å². The number of aryl methyl sites for hydroxylation is 2. The predicted molar refractivity (Wildman–Crippen MR) is 91.7 cm³/mol. The monoisotopic (exact) mass is 306 g/mol. The van der Waals surface area contributed by atoms with E-state index < -0.39 is 0 Å². The zero-order valence-corrected chi connectivity index (χ0v) is 13.4. The number of methoxy groups -OCH3 is 1. The summed E-state index contributed by atoms with van der Waals surface area (Å²) < 4.78 is 7.29. The minimum absolute atomic E-state index is 0.810. The predicted octanol–water partition coefficient (Wildman–Crippen LogP) is 3.69. The van der Waals surface area contributed by atoms with Crippen LogP contribution in [-0.2, 0) is 13.5 Å². The Labute approximate surface area is 133 Å². The summed E-state index contributed by atoms with van der Waals surface area (Å²) in [5, 5.41) is 5.69. The molecule has 0 aliphatic rings. The topological polar surface area (TPSA) is 55.7 Å². The maximum absolute atomic E-state index is 5.24. The van der Waals surface area contributed by atoms with Crippen LogP contribution in [0.2, 0.25) is 0 Å². The second-order valence-corrected chi connectivity index (χ2v) is 5.63. The minimum atomic E-state index is 0.810. The number of rotatable bonds is 3. The number of benzene rings is 1. The van der Waals surface area contributed by atoms with E-state index in [1.807, 2.05) is 31.6 Å². The van der Waals surface area contributed by atoms with E-state index in [0.29, 0.717) is 0 Å². The third kappa shape index (κ3) is 2.00. The molecule has 1 N–H and O–H groups in total. The van der Waals surface area contributed by atoms with Crippen LogP contribution in [0, 0.1) is 0 Å². The molecule has 0 aliphatic carbocycles. The summed E-state index contributed by atoms with van der Waals surface area (Å²) in [5.74, 6) is 0.850. The van der Waals surface area contributed by atoms with Gasteiger partial charge >= 0.3 is 0 Å². The lowest BCUT2D eigenvalue weighted by Crippen LogP contribution is -1.91. The van der Waals surface area contributed by atoms with Crippen molar-refractivity contribution in [2.75, 3.05) is 7.11 Å². The normalized spacial score (nSPS) is 11.4. The first-order valence-electron chi connectivity index (χ1n) is 7.68. The van der Waals surface area contributed by atoms with Crippen LogP contribution in [-0.4, -0.2) is 26.9 Å². The second-order valence-electron chi connectivity index (χ2n) is 5.63. The van der Waals surface area contributed by atoms with Crippen molar-refractivity contribution in [1.29, 1.82) is 0 Å². The number of aromatic amines is 1. The number of ether oxygens (including phenoxy) is 1. The van der Waals surface area contributed by atoms with Gasteiger partial charge in [-0.25, -0.2) is 9.97 Å². The number of H-pyrrole nitrogens is 1. The lowest BCUT2D eigenvalue weighted by atomic mass is 10.1. The number of hydrogen-bond acceptors (Lipinski definition) is 3. The van der Waals surface area contributed by atoms with Crippen LogP contribution in [0.1, 0.15) is 12.5 Å². The summed E-state index contributed by atoms with van der Waals surface area (Å²) in [6, 6.07) is 8.04. The van der Waals surface area contributed by atoms with Crippen molar-refractivity contribution in [2.24, 2.45) is 7.05 Å². The molecule has 0 unspecified atom stereocenters. The molecule has 1 aromatic carbocycles. The molecule has 4 rings (SSSR count). The van der Waals surface area contributed by atoms with E-state index in [0.717, 1.165) is 45.4 Å². The standard InChI is InChI=1S/C18H18N4O/c1-4-11-9-19-18-15(11)17-14(10-20-18)16(21-22(17)2)12-5-7-13(23-3)8-6-12/h5-10,21H,4H2,1-3H3. The maximum atomic E-state index is 5.24. The Morgan fingerprint density at radius 3 is 2.57 bits per heavy atom. The highest BCUT2D eigenvalue weighted by Gasteiger charge is 2.16. The van der Waals surface area contributed by atoms with Crippen LogP contribution in [0.15, 0.2) is 36.7 Å². The second kappa shape index (κ2) is 5.12. The molecule has 116 valence electrons. The molecule has 5 heteroatoms. The van der Waals surface area contributed by atoms with Crippen molar-refractivity contribution in [3.8, 4) is 17.0 Å². The van der Waals surface area contributed by atoms with Crippen LogP contribution in [0.25, 0.3) is 33.2 Å². The molecule has 3 aromatic heterocycles. The lowest BCUT2D eigenvalue weighted by molar-refractivity contribution is 0.415. The Bertz CT molecular complexity index is 995. The minimum Gasteiger partial charge on any atom is -0.497 e. The first kappa shape index (κ1) is 13.8. The average molecular weight is 306 g/mol. The Morgan fingerprint density at radius 2 is 1.87 bits per heavy atom. The molecule has 0 amide bonds. The molecule has 0 saturated heterocycles. The van der Waals surface area contributed by atoms with Gasteiger partial charge < -0.3 is 4.74 Å². The lowest BCUT2D eigenvalue weighted by Gasteiger charge is -2.02. The summed E-state index contributed by atoms with van der Waals surface area (Å²) in [7, 11) is 3.70. The fraction of sp³-hybridized carbons (Fsp3) is 0.222. The number of nitrogens with one attached hydrogen (secondary N) is 1. The molecule has 0 spiro atoms. The Hall–Kier alpha value is -2.82. The van der Waals surface area contributed by atoms with Gasteiger partial charge in [-0.3, -0.25) is 9.78 Å². The van der Waals surface area contributed by atoms with E-state index in [4.69, 9.17) is 4.74 Å². The average Bonchev–Trinajstić information content (AvgIpc) is 3.15. The molecular formula is C18H18N4O. The number of nitrogens with zero attached hydrogens (tertiary/aromatic N) is 3. The van der Waals surface area contributed by atoms with E-state index in [-0.39, 0.29) is 0 Å². The molecule has 3 heterocycles. The molecule has 0 bridgehead atoms. The third-order valence-electron chi connectivity index (χ3n) is 4.34. The number of aromatic nitrogens is 4. The third-order valence-corrected chi connectivity index (χ3v) is 4.34. The van der Waals surface area contributed by atoms with Crippen LogP contribution < -0.4 is 4.74 Å². The molecule has 0 atom stereocenters. The van der Waals surface area contributed by atoms with Crippen molar-refractivity contribution >= 4 is 21.9 Å². The van der Waals surface area contributed by atoms with Gasteiger partial charge in [-0.15, -0.1) is 0 Å². The van der Waals surface area contributed by atoms with Crippen molar-refractivity contribution < 1.29 is 4.74 Å². The van der Waals surface area contributed by atoms with E-state index in [1.165, 1.54) is 5.56 Å². The van der Waals surface area contributed by atoms with Gasteiger partial charge in [-0.05, 0) is 36.2 Å². The van der Waals surface area contributed by atoms with Crippen LogP contribution in [0.4, 0.5) is 0 Å². The quantitative estimate of drug-likeness (QED) is 0.628. The molecular weight excluding hydrogens is 288 g/mol. The summed E-state index contributed by atoms with van der Waals surface area (Å²) in [4.78, 5) is 8.97. The Balaban J connectivity index is 2.01. The fourth-order valence-corrected chi connectivity index (χ4v) is 3.15. The van der Waals surface area contributed by atoms with Crippen LogP contribution >= 0.6 is 0 Å². The molecule has 23 heavy (non-hydrogen) atoms. The summed E-state index contributed by atoms with van der Waals surface area (Å²) in [5.41, 5.74) is 5.35. The Morgan fingerprint density at radius 1 is 1.13 bits per heavy atom.